The number of aliphatic hydroxyl groups excluding tert-OH is 2. The Bertz CT molecular complexity index is 876. The van der Waals surface area contributed by atoms with Crippen molar-refractivity contribution in [2.45, 2.75) is 32.5 Å². The van der Waals surface area contributed by atoms with Crippen LogP contribution in [-0.4, -0.2) is 51.2 Å². The number of aromatic nitrogens is 2. The summed E-state index contributed by atoms with van der Waals surface area (Å²) in [6.45, 7) is 8.71. The van der Waals surface area contributed by atoms with E-state index in [-0.39, 0.29) is 5.82 Å². The molecule has 27 heavy (non-hydrogen) atoms. The number of rotatable bonds is 6. The number of nitrogens with zero attached hydrogens (tertiary/aromatic N) is 3. The largest absolute Gasteiger partial charge is 0.389 e. The molecule has 0 spiro atoms. The minimum Gasteiger partial charge on any atom is -0.389 e. The summed E-state index contributed by atoms with van der Waals surface area (Å²) in [4.78, 5) is 14.0. The Kier molecular flexibility index (Phi) is 5.62. The lowest BCUT2D eigenvalue weighted by Gasteiger charge is -2.19. The van der Waals surface area contributed by atoms with Crippen molar-refractivity contribution in [3.63, 3.8) is 0 Å². The van der Waals surface area contributed by atoms with Crippen molar-refractivity contribution in [1.29, 1.82) is 0 Å². The Balaban J connectivity index is 2.10. The summed E-state index contributed by atoms with van der Waals surface area (Å²) in [7, 11) is 0. The normalized spacial score (nSPS) is 22.1. The highest BCUT2D eigenvalue weighted by Gasteiger charge is 2.31. The number of allylic oxidation sites excluding steroid dienone is 2. The Hall–Kier alpha value is -2.64. The molecular formula is C20H27N5O2. The van der Waals surface area contributed by atoms with Crippen LogP contribution in [0.2, 0.25) is 0 Å². The average molecular weight is 369 g/mol. The number of pyridine rings is 1. The first-order valence-corrected chi connectivity index (χ1v) is 9.19. The molecular weight excluding hydrogens is 342 g/mol. The third-order valence-corrected chi connectivity index (χ3v) is 4.92. The van der Waals surface area contributed by atoms with Gasteiger partial charge in [0.15, 0.2) is 0 Å². The molecule has 7 nitrogen and oxygen atoms in total. The summed E-state index contributed by atoms with van der Waals surface area (Å²) in [5, 5.41) is 20.8. The molecule has 1 aliphatic rings. The quantitative estimate of drug-likeness (QED) is 0.582. The van der Waals surface area contributed by atoms with Crippen molar-refractivity contribution in [2.24, 2.45) is 16.6 Å². The van der Waals surface area contributed by atoms with Crippen molar-refractivity contribution in [3.8, 4) is 0 Å². The van der Waals surface area contributed by atoms with E-state index in [4.69, 9.17) is 5.73 Å². The van der Waals surface area contributed by atoms with Gasteiger partial charge in [0.2, 0.25) is 0 Å². The molecule has 3 unspecified atom stereocenters. The predicted octanol–water partition coefficient (Wildman–Crippen LogP) is 1.93. The van der Waals surface area contributed by atoms with Crippen molar-refractivity contribution < 1.29 is 10.2 Å². The maximum absolute atomic E-state index is 9.94. The van der Waals surface area contributed by atoms with Gasteiger partial charge in [-0.05, 0) is 18.1 Å². The molecule has 3 atom stereocenters. The lowest BCUT2D eigenvalue weighted by molar-refractivity contribution is 0.0572. The number of aromatic amines is 1. The summed E-state index contributed by atoms with van der Waals surface area (Å²) in [5.41, 5.74) is 8.92. The SMILES string of the molecule is C=C(N)/N=C(\C=C/C(C)CC)c1c[nH]c2nccc(N3CC(O)C(O)C3)c12. The van der Waals surface area contributed by atoms with Gasteiger partial charge in [-0.15, -0.1) is 0 Å². The van der Waals surface area contributed by atoms with Crippen LogP contribution in [-0.2, 0) is 0 Å². The second kappa shape index (κ2) is 7.94. The van der Waals surface area contributed by atoms with Gasteiger partial charge in [-0.3, -0.25) is 0 Å². The first-order chi connectivity index (χ1) is 12.9. The average Bonchev–Trinajstić information content (AvgIpc) is 3.21. The lowest BCUT2D eigenvalue weighted by atomic mass is 10.0. The second-order valence-electron chi connectivity index (χ2n) is 7.03. The molecule has 1 fully saturated rings. The van der Waals surface area contributed by atoms with Gasteiger partial charge in [0, 0.05) is 31.0 Å². The van der Waals surface area contributed by atoms with E-state index in [2.05, 4.69) is 41.5 Å². The Morgan fingerprint density at radius 2 is 2.19 bits per heavy atom. The molecule has 0 radical (unpaired) electrons. The number of β-amino-alcohol motifs (C(OH)–C–C–N with tert-alkyl or cyclic N) is 2. The summed E-state index contributed by atoms with van der Waals surface area (Å²) >= 11 is 0. The van der Waals surface area contributed by atoms with Gasteiger partial charge in [0.05, 0.1) is 29.0 Å². The van der Waals surface area contributed by atoms with Crippen molar-refractivity contribution in [1.82, 2.24) is 9.97 Å². The van der Waals surface area contributed by atoms with E-state index < -0.39 is 12.2 Å². The van der Waals surface area contributed by atoms with Crippen LogP contribution >= 0.6 is 0 Å². The minimum atomic E-state index is -0.766. The molecule has 3 heterocycles. The highest BCUT2D eigenvalue weighted by Crippen LogP contribution is 2.31. The van der Waals surface area contributed by atoms with E-state index >= 15 is 0 Å². The highest BCUT2D eigenvalue weighted by molar-refractivity contribution is 6.18. The Labute approximate surface area is 158 Å². The molecule has 0 bridgehead atoms. The van der Waals surface area contributed by atoms with Crippen LogP contribution in [0.4, 0.5) is 5.69 Å². The lowest BCUT2D eigenvalue weighted by Crippen LogP contribution is -2.22. The fourth-order valence-electron chi connectivity index (χ4n) is 3.20. The molecule has 0 aliphatic carbocycles. The maximum Gasteiger partial charge on any atom is 0.140 e. The van der Waals surface area contributed by atoms with Crippen LogP contribution < -0.4 is 10.6 Å². The molecule has 2 aromatic heterocycles. The number of aliphatic hydroxyl groups is 2. The first kappa shape index (κ1) is 19.1. The first-order valence-electron chi connectivity index (χ1n) is 9.19. The van der Waals surface area contributed by atoms with Gasteiger partial charge in [-0.1, -0.05) is 32.9 Å². The summed E-state index contributed by atoms with van der Waals surface area (Å²) in [6, 6.07) is 1.89. The van der Waals surface area contributed by atoms with Crippen LogP contribution in [0, 0.1) is 5.92 Å². The van der Waals surface area contributed by atoms with E-state index in [1.165, 1.54) is 0 Å². The van der Waals surface area contributed by atoms with Gasteiger partial charge in [0.25, 0.3) is 0 Å². The van der Waals surface area contributed by atoms with E-state index in [0.717, 1.165) is 23.1 Å². The third kappa shape index (κ3) is 4.04. The number of anilines is 1. The van der Waals surface area contributed by atoms with Gasteiger partial charge in [-0.25, -0.2) is 9.98 Å². The zero-order chi connectivity index (χ0) is 19.6. The number of H-pyrrole nitrogens is 1. The summed E-state index contributed by atoms with van der Waals surface area (Å²) < 4.78 is 0. The number of hydrogen-bond acceptors (Lipinski definition) is 6. The predicted molar refractivity (Wildman–Crippen MR) is 109 cm³/mol. The summed E-state index contributed by atoms with van der Waals surface area (Å²) in [5.74, 6) is 0.638. The van der Waals surface area contributed by atoms with Crippen LogP contribution in [0.3, 0.4) is 0 Å². The Morgan fingerprint density at radius 1 is 1.48 bits per heavy atom. The van der Waals surface area contributed by atoms with Crippen molar-refractivity contribution >= 4 is 22.4 Å². The van der Waals surface area contributed by atoms with Gasteiger partial charge in [0.1, 0.15) is 11.5 Å². The fourth-order valence-corrected chi connectivity index (χ4v) is 3.20. The van der Waals surface area contributed by atoms with Gasteiger partial charge < -0.3 is 25.8 Å². The number of nitrogens with two attached hydrogens (primary N) is 1. The number of hydrogen-bond donors (Lipinski definition) is 4. The molecule has 2 aromatic rings. The molecule has 7 heteroatoms. The fraction of sp³-hybridized carbons (Fsp3) is 0.400. The molecule has 5 N–H and O–H groups in total. The van der Waals surface area contributed by atoms with Crippen LogP contribution in [0.15, 0.2) is 48.0 Å². The van der Waals surface area contributed by atoms with Gasteiger partial charge >= 0.3 is 0 Å². The second-order valence-corrected chi connectivity index (χ2v) is 7.03. The van der Waals surface area contributed by atoms with Crippen molar-refractivity contribution in [2.75, 3.05) is 18.0 Å². The molecule has 0 aromatic carbocycles. The molecule has 3 rings (SSSR count). The molecule has 144 valence electrons. The zero-order valence-corrected chi connectivity index (χ0v) is 15.8. The number of nitrogens with one attached hydrogen (secondary N) is 1. The van der Waals surface area contributed by atoms with Crippen LogP contribution in [0.1, 0.15) is 25.8 Å². The van der Waals surface area contributed by atoms with Crippen LogP contribution in [0.25, 0.3) is 11.0 Å². The zero-order valence-electron chi connectivity index (χ0n) is 15.8. The molecule has 0 amide bonds. The highest BCUT2D eigenvalue weighted by atomic mass is 16.3. The molecule has 0 saturated carbocycles. The summed E-state index contributed by atoms with van der Waals surface area (Å²) in [6.07, 6.45) is 7.11. The third-order valence-electron chi connectivity index (χ3n) is 4.92. The van der Waals surface area contributed by atoms with E-state index in [1.807, 2.05) is 23.2 Å². The monoisotopic (exact) mass is 369 g/mol. The molecule has 1 saturated heterocycles. The van der Waals surface area contributed by atoms with Gasteiger partial charge in [-0.2, -0.15) is 0 Å². The smallest absolute Gasteiger partial charge is 0.140 e. The standard InChI is InChI=1S/C20H27N5O2/c1-4-12(2)5-6-15(24-13(3)21)14-9-23-20-19(14)16(7-8-22-20)25-10-17(26)18(27)11-25/h5-9,12,17-18,26-27H,3-4,10-11,21H2,1-2H3,(H,22,23)/b6-5-,24-15+. The number of aliphatic imine (C=N–C) groups is 1. The Morgan fingerprint density at radius 3 is 2.81 bits per heavy atom. The van der Waals surface area contributed by atoms with E-state index in [1.54, 1.807) is 6.20 Å². The molecule has 1 aliphatic heterocycles. The van der Waals surface area contributed by atoms with E-state index in [0.29, 0.717) is 30.4 Å². The van der Waals surface area contributed by atoms with E-state index in [9.17, 15) is 10.2 Å². The maximum atomic E-state index is 9.94. The van der Waals surface area contributed by atoms with Crippen molar-refractivity contribution in [3.05, 3.63) is 48.6 Å². The number of fused-ring (bicyclic) bond motifs is 1. The minimum absolute atomic E-state index is 0.227. The topological polar surface area (TPSA) is 111 Å². The van der Waals surface area contributed by atoms with Crippen LogP contribution in [0.5, 0.6) is 0 Å².